The number of aromatic nitrogens is 2. The van der Waals surface area contributed by atoms with Crippen LogP contribution in [0.2, 0.25) is 0 Å². The molecule has 0 atom stereocenters. The van der Waals surface area contributed by atoms with Crippen LogP contribution >= 0.6 is 11.8 Å². The highest BCUT2D eigenvalue weighted by Gasteiger charge is 2.08. The fourth-order valence-corrected chi connectivity index (χ4v) is 2.44. The second kappa shape index (κ2) is 5.71. The fraction of sp³-hybridized carbons (Fsp3) is 0.154. The highest BCUT2D eigenvalue weighted by atomic mass is 32.2. The van der Waals surface area contributed by atoms with Crippen molar-refractivity contribution in [3.05, 3.63) is 47.3 Å². The van der Waals surface area contributed by atoms with Crippen molar-refractivity contribution in [2.24, 2.45) is 10.9 Å². The van der Waals surface area contributed by atoms with Gasteiger partial charge in [-0.05, 0) is 43.3 Å². The number of rotatable bonds is 3. The van der Waals surface area contributed by atoms with Gasteiger partial charge in [0.05, 0.1) is 0 Å². The van der Waals surface area contributed by atoms with Gasteiger partial charge < -0.3 is 10.9 Å². The number of oxime groups is 1. The molecule has 0 aliphatic rings. The molecule has 0 saturated heterocycles. The van der Waals surface area contributed by atoms with Crippen molar-refractivity contribution in [3.63, 3.8) is 0 Å². The van der Waals surface area contributed by atoms with Crippen molar-refractivity contribution in [1.29, 1.82) is 0 Å². The van der Waals surface area contributed by atoms with Gasteiger partial charge >= 0.3 is 0 Å². The first-order valence-electron chi connectivity index (χ1n) is 5.67. The lowest BCUT2D eigenvalue weighted by atomic mass is 10.2. The van der Waals surface area contributed by atoms with E-state index in [1.54, 1.807) is 6.07 Å². The lowest BCUT2D eigenvalue weighted by Gasteiger charge is -2.06. The van der Waals surface area contributed by atoms with E-state index in [-0.39, 0.29) is 5.84 Å². The van der Waals surface area contributed by atoms with Gasteiger partial charge in [0.15, 0.2) is 11.0 Å². The summed E-state index contributed by atoms with van der Waals surface area (Å²) in [5.74, 6) is -0.0165. The lowest BCUT2D eigenvalue weighted by molar-refractivity contribution is 0.318. The van der Waals surface area contributed by atoms with Gasteiger partial charge in [0.2, 0.25) is 0 Å². The zero-order valence-corrected chi connectivity index (χ0v) is 11.5. The summed E-state index contributed by atoms with van der Waals surface area (Å²) in [6, 6.07) is 9.67. The molecular weight excluding hydrogens is 260 g/mol. The second-order valence-electron chi connectivity index (χ2n) is 4.03. The zero-order valence-electron chi connectivity index (χ0n) is 10.7. The summed E-state index contributed by atoms with van der Waals surface area (Å²) in [6.45, 7) is 3.88. The molecule has 3 N–H and O–H groups in total. The van der Waals surface area contributed by atoms with Crippen LogP contribution in [0.5, 0.6) is 0 Å². The Bertz CT molecular complexity index is 628. The summed E-state index contributed by atoms with van der Waals surface area (Å²) >= 11 is 1.46. The quantitative estimate of drug-likeness (QED) is 0.295. The maximum atomic E-state index is 8.70. The molecule has 0 saturated carbocycles. The fourth-order valence-electron chi connectivity index (χ4n) is 1.54. The topological polar surface area (TPSA) is 84.4 Å². The molecule has 2 rings (SSSR count). The number of hydrogen-bond acceptors (Lipinski definition) is 5. The maximum absolute atomic E-state index is 8.70. The third-order valence-corrected chi connectivity index (χ3v) is 3.54. The molecule has 1 heterocycles. The Hall–Kier alpha value is -2.08. The van der Waals surface area contributed by atoms with Crippen LogP contribution in [-0.4, -0.2) is 21.0 Å². The molecular formula is C13H14N4OS. The Morgan fingerprint density at radius 3 is 2.68 bits per heavy atom. The van der Waals surface area contributed by atoms with Gasteiger partial charge in [0.25, 0.3) is 0 Å². The molecule has 1 aromatic heterocycles. The average molecular weight is 274 g/mol. The minimum absolute atomic E-state index is 0.0165. The van der Waals surface area contributed by atoms with E-state index in [4.69, 9.17) is 10.9 Å². The summed E-state index contributed by atoms with van der Waals surface area (Å²) in [5, 5.41) is 12.2. The Labute approximate surface area is 115 Å². The third-order valence-electron chi connectivity index (χ3n) is 2.50. The van der Waals surface area contributed by atoms with E-state index in [0.29, 0.717) is 10.9 Å². The molecule has 0 aliphatic carbocycles. The minimum atomic E-state index is -0.0165. The van der Waals surface area contributed by atoms with Gasteiger partial charge in [-0.1, -0.05) is 23.4 Å². The molecule has 0 unspecified atom stereocenters. The molecule has 19 heavy (non-hydrogen) atoms. The Morgan fingerprint density at radius 2 is 2.00 bits per heavy atom. The molecule has 0 spiro atoms. The van der Waals surface area contributed by atoms with Crippen LogP contribution in [0.3, 0.4) is 0 Å². The summed E-state index contributed by atoms with van der Waals surface area (Å²) < 4.78 is 0. The number of nitrogens with two attached hydrogens (primary N) is 1. The van der Waals surface area contributed by atoms with Crippen LogP contribution in [0.1, 0.15) is 17.0 Å². The lowest BCUT2D eigenvalue weighted by Crippen LogP contribution is -2.16. The third kappa shape index (κ3) is 3.23. The van der Waals surface area contributed by atoms with E-state index in [9.17, 15) is 0 Å². The summed E-state index contributed by atoms with van der Waals surface area (Å²) in [6.07, 6.45) is 0. The minimum Gasteiger partial charge on any atom is -0.409 e. The van der Waals surface area contributed by atoms with Crippen LogP contribution in [0.4, 0.5) is 0 Å². The number of nitrogens with zero attached hydrogens (tertiary/aromatic N) is 3. The molecule has 0 radical (unpaired) electrons. The van der Waals surface area contributed by atoms with Gasteiger partial charge in [-0.2, -0.15) is 0 Å². The number of amidine groups is 1. The van der Waals surface area contributed by atoms with E-state index < -0.39 is 0 Å². The monoisotopic (exact) mass is 274 g/mol. The molecule has 2 aromatic rings. The Morgan fingerprint density at radius 1 is 1.26 bits per heavy atom. The first-order chi connectivity index (χ1) is 9.10. The predicted octanol–water partition coefficient (Wildman–Crippen LogP) is 2.34. The average Bonchev–Trinajstić information content (AvgIpc) is 2.40. The van der Waals surface area contributed by atoms with Gasteiger partial charge in [-0.15, -0.1) is 0 Å². The highest BCUT2D eigenvalue weighted by molar-refractivity contribution is 7.99. The second-order valence-corrected chi connectivity index (χ2v) is 5.04. The molecule has 98 valence electrons. The smallest absolute Gasteiger partial charge is 0.193 e. The number of hydrogen-bond donors (Lipinski definition) is 2. The normalized spacial score (nSPS) is 11.6. The first kappa shape index (κ1) is 13.4. The molecule has 1 aromatic carbocycles. The summed E-state index contributed by atoms with van der Waals surface area (Å²) in [7, 11) is 0. The van der Waals surface area contributed by atoms with Gasteiger partial charge in [0.1, 0.15) is 5.69 Å². The van der Waals surface area contributed by atoms with Crippen molar-refractivity contribution in [2.45, 2.75) is 23.9 Å². The highest BCUT2D eigenvalue weighted by Crippen LogP contribution is 2.27. The van der Waals surface area contributed by atoms with Crippen LogP contribution in [0.15, 0.2) is 45.5 Å². The summed E-state index contributed by atoms with van der Waals surface area (Å²) in [5.41, 5.74) is 7.90. The van der Waals surface area contributed by atoms with Crippen molar-refractivity contribution in [1.82, 2.24) is 9.97 Å². The molecule has 0 amide bonds. The predicted molar refractivity (Wildman–Crippen MR) is 74.6 cm³/mol. The molecule has 6 heteroatoms. The van der Waals surface area contributed by atoms with Crippen molar-refractivity contribution < 1.29 is 5.21 Å². The Kier molecular flexibility index (Phi) is 4.01. The Balaban J connectivity index is 2.36. The molecule has 0 fully saturated rings. The van der Waals surface area contributed by atoms with Gasteiger partial charge in [0, 0.05) is 10.6 Å². The SMILES string of the molecule is Cc1cc(/C(N)=N/O)nc(Sc2ccccc2C)n1. The van der Waals surface area contributed by atoms with Gasteiger partial charge in [-0.3, -0.25) is 0 Å². The summed E-state index contributed by atoms with van der Waals surface area (Å²) in [4.78, 5) is 9.71. The van der Waals surface area contributed by atoms with E-state index in [1.165, 1.54) is 11.8 Å². The number of benzene rings is 1. The van der Waals surface area contributed by atoms with E-state index in [1.807, 2.05) is 38.1 Å². The van der Waals surface area contributed by atoms with Crippen molar-refractivity contribution in [3.8, 4) is 0 Å². The van der Waals surface area contributed by atoms with Crippen LogP contribution < -0.4 is 5.73 Å². The van der Waals surface area contributed by atoms with Crippen molar-refractivity contribution >= 4 is 17.6 Å². The molecule has 0 aliphatic heterocycles. The molecule has 0 bridgehead atoms. The number of aryl methyl sites for hydroxylation is 2. The maximum Gasteiger partial charge on any atom is 0.193 e. The van der Waals surface area contributed by atoms with E-state index >= 15 is 0 Å². The van der Waals surface area contributed by atoms with Crippen LogP contribution in [-0.2, 0) is 0 Å². The molecule has 5 nitrogen and oxygen atoms in total. The standard InChI is InChI=1S/C13H14N4OS/c1-8-5-3-4-6-11(8)19-13-15-9(2)7-10(16-13)12(14)17-18/h3-7,18H,1-2H3,(H2,14,17). The van der Waals surface area contributed by atoms with Gasteiger partial charge in [-0.25, -0.2) is 9.97 Å². The van der Waals surface area contributed by atoms with E-state index in [0.717, 1.165) is 16.2 Å². The van der Waals surface area contributed by atoms with E-state index in [2.05, 4.69) is 15.1 Å². The largest absolute Gasteiger partial charge is 0.409 e. The first-order valence-corrected chi connectivity index (χ1v) is 6.49. The van der Waals surface area contributed by atoms with Crippen LogP contribution in [0, 0.1) is 13.8 Å². The van der Waals surface area contributed by atoms with Crippen LogP contribution in [0.25, 0.3) is 0 Å². The zero-order chi connectivity index (χ0) is 13.8. The van der Waals surface area contributed by atoms with Crippen molar-refractivity contribution in [2.75, 3.05) is 0 Å².